The summed E-state index contributed by atoms with van der Waals surface area (Å²) in [5.74, 6) is 1.60. The highest BCUT2D eigenvalue weighted by Gasteiger charge is 2.21. The van der Waals surface area contributed by atoms with Gasteiger partial charge in [0.15, 0.2) is 0 Å². The Balaban J connectivity index is 1.95. The molecule has 14 heavy (non-hydrogen) atoms. The van der Waals surface area contributed by atoms with Gasteiger partial charge in [-0.05, 0) is 12.8 Å². The van der Waals surface area contributed by atoms with Crippen molar-refractivity contribution in [3.05, 3.63) is 18.2 Å². The van der Waals surface area contributed by atoms with Crippen molar-refractivity contribution >= 4 is 5.69 Å². The van der Waals surface area contributed by atoms with E-state index in [4.69, 9.17) is 5.73 Å². The molecule has 4 heteroatoms. The predicted molar refractivity (Wildman–Crippen MR) is 56.2 cm³/mol. The van der Waals surface area contributed by atoms with Crippen LogP contribution in [0.3, 0.4) is 0 Å². The smallest absolute Gasteiger partial charge is 0.131 e. The van der Waals surface area contributed by atoms with Gasteiger partial charge >= 0.3 is 0 Å². The number of hydrogen-bond donors (Lipinski definition) is 2. The second-order valence-corrected chi connectivity index (χ2v) is 3.67. The molecular weight excluding hydrogens is 176 g/mol. The lowest BCUT2D eigenvalue weighted by Crippen LogP contribution is -2.15. The summed E-state index contributed by atoms with van der Waals surface area (Å²) in [7, 11) is 0. The molecular formula is C10H16N4. The molecule has 1 heterocycles. The third-order valence-corrected chi connectivity index (χ3v) is 2.62. The minimum Gasteiger partial charge on any atom is -0.381 e. The topological polar surface area (TPSA) is 63.8 Å². The van der Waals surface area contributed by atoms with Crippen molar-refractivity contribution in [3.63, 3.8) is 0 Å². The molecule has 1 aromatic heterocycles. The fourth-order valence-electron chi connectivity index (χ4n) is 1.52. The summed E-state index contributed by atoms with van der Waals surface area (Å²) in [5.41, 5.74) is 6.34. The van der Waals surface area contributed by atoms with Crippen LogP contribution in [0.15, 0.2) is 12.4 Å². The normalized spacial score (nSPS) is 16.4. The summed E-state index contributed by atoms with van der Waals surface area (Å²) < 4.78 is 0. The van der Waals surface area contributed by atoms with E-state index in [-0.39, 0.29) is 0 Å². The first-order valence-corrected chi connectivity index (χ1v) is 5.16. The number of anilines is 1. The second kappa shape index (κ2) is 4.37. The van der Waals surface area contributed by atoms with Crippen molar-refractivity contribution in [1.29, 1.82) is 0 Å². The van der Waals surface area contributed by atoms with Crippen LogP contribution in [0.4, 0.5) is 5.69 Å². The number of nitrogens with zero attached hydrogens (tertiary/aromatic N) is 2. The lowest BCUT2D eigenvalue weighted by molar-refractivity contribution is 0.401. The van der Waals surface area contributed by atoms with E-state index in [0.717, 1.165) is 18.1 Å². The largest absolute Gasteiger partial charge is 0.381 e. The number of nitrogens with two attached hydrogens (primary N) is 1. The van der Waals surface area contributed by atoms with E-state index in [0.29, 0.717) is 12.5 Å². The van der Waals surface area contributed by atoms with Crippen LogP contribution in [-0.2, 0) is 0 Å². The molecule has 0 radical (unpaired) electrons. The molecule has 0 aliphatic heterocycles. The van der Waals surface area contributed by atoms with Gasteiger partial charge in [-0.15, -0.1) is 0 Å². The van der Waals surface area contributed by atoms with Gasteiger partial charge in [0, 0.05) is 19.0 Å². The zero-order valence-corrected chi connectivity index (χ0v) is 8.24. The molecule has 0 atom stereocenters. The molecule has 4 nitrogen and oxygen atoms in total. The maximum absolute atomic E-state index is 5.38. The Morgan fingerprint density at radius 2 is 2.07 bits per heavy atom. The molecule has 0 aromatic carbocycles. The molecule has 1 aliphatic carbocycles. The lowest BCUT2D eigenvalue weighted by atomic mass is 9.85. The molecule has 0 amide bonds. The summed E-state index contributed by atoms with van der Waals surface area (Å²) in [4.78, 5) is 8.68. The molecule has 3 N–H and O–H groups in total. The fraction of sp³-hybridized carbons (Fsp3) is 0.600. The van der Waals surface area contributed by atoms with Crippen LogP contribution >= 0.6 is 0 Å². The molecule has 0 unspecified atom stereocenters. The minimum atomic E-state index is 0.610. The van der Waals surface area contributed by atoms with E-state index in [2.05, 4.69) is 15.3 Å². The van der Waals surface area contributed by atoms with Gasteiger partial charge < -0.3 is 11.1 Å². The summed E-state index contributed by atoms with van der Waals surface area (Å²) in [5, 5.41) is 3.15. The average molecular weight is 192 g/mol. The van der Waals surface area contributed by atoms with Crippen molar-refractivity contribution in [2.24, 2.45) is 5.73 Å². The van der Waals surface area contributed by atoms with E-state index < -0.39 is 0 Å². The van der Waals surface area contributed by atoms with Crippen LogP contribution in [0.2, 0.25) is 0 Å². The fourth-order valence-corrected chi connectivity index (χ4v) is 1.52. The molecule has 0 bridgehead atoms. The van der Waals surface area contributed by atoms with Crippen LogP contribution in [0.1, 0.15) is 31.0 Å². The van der Waals surface area contributed by atoms with E-state index in [1.165, 1.54) is 19.3 Å². The van der Waals surface area contributed by atoms with Gasteiger partial charge in [-0.3, -0.25) is 0 Å². The molecule has 1 saturated carbocycles. The molecule has 0 spiro atoms. The SMILES string of the molecule is NCCNc1cnc(C2CCC2)nc1. The van der Waals surface area contributed by atoms with Crippen LogP contribution in [0.25, 0.3) is 0 Å². The molecule has 1 aliphatic rings. The van der Waals surface area contributed by atoms with Crippen molar-refractivity contribution < 1.29 is 0 Å². The van der Waals surface area contributed by atoms with Crippen molar-refractivity contribution in [2.75, 3.05) is 18.4 Å². The Morgan fingerprint density at radius 3 is 2.57 bits per heavy atom. The molecule has 2 rings (SSSR count). The summed E-state index contributed by atoms with van der Waals surface area (Å²) in [6, 6.07) is 0. The van der Waals surface area contributed by atoms with Gasteiger partial charge in [-0.2, -0.15) is 0 Å². The summed E-state index contributed by atoms with van der Waals surface area (Å²) in [6.07, 6.45) is 7.50. The van der Waals surface area contributed by atoms with Gasteiger partial charge in [0.25, 0.3) is 0 Å². The molecule has 0 saturated heterocycles. The maximum atomic E-state index is 5.38. The first-order chi connectivity index (χ1) is 6.90. The van der Waals surface area contributed by atoms with Crippen LogP contribution in [0.5, 0.6) is 0 Å². The number of nitrogens with one attached hydrogen (secondary N) is 1. The Kier molecular flexibility index (Phi) is 2.93. The Bertz CT molecular complexity index is 279. The average Bonchev–Trinajstić information content (AvgIpc) is 2.14. The second-order valence-electron chi connectivity index (χ2n) is 3.67. The van der Waals surface area contributed by atoms with E-state index in [1.54, 1.807) is 0 Å². The first-order valence-electron chi connectivity index (χ1n) is 5.16. The first kappa shape index (κ1) is 9.40. The quantitative estimate of drug-likeness (QED) is 0.750. The minimum absolute atomic E-state index is 0.610. The van der Waals surface area contributed by atoms with Gasteiger partial charge in [-0.1, -0.05) is 6.42 Å². The monoisotopic (exact) mass is 192 g/mol. The zero-order chi connectivity index (χ0) is 9.80. The van der Waals surface area contributed by atoms with Gasteiger partial charge in [-0.25, -0.2) is 9.97 Å². The highest BCUT2D eigenvalue weighted by atomic mass is 15.0. The highest BCUT2D eigenvalue weighted by Crippen LogP contribution is 2.33. The van der Waals surface area contributed by atoms with Crippen molar-refractivity contribution in [1.82, 2.24) is 9.97 Å². The van der Waals surface area contributed by atoms with E-state index in [9.17, 15) is 0 Å². The number of hydrogen-bond acceptors (Lipinski definition) is 4. The van der Waals surface area contributed by atoms with Gasteiger partial charge in [0.05, 0.1) is 18.1 Å². The highest BCUT2D eigenvalue weighted by molar-refractivity contribution is 5.37. The maximum Gasteiger partial charge on any atom is 0.131 e. The predicted octanol–water partition coefficient (Wildman–Crippen LogP) is 1.11. The zero-order valence-electron chi connectivity index (χ0n) is 8.24. The van der Waals surface area contributed by atoms with E-state index >= 15 is 0 Å². The van der Waals surface area contributed by atoms with Crippen LogP contribution < -0.4 is 11.1 Å². The molecule has 76 valence electrons. The number of rotatable bonds is 4. The Labute approximate surface area is 83.9 Å². The number of aromatic nitrogens is 2. The van der Waals surface area contributed by atoms with Crippen LogP contribution in [0, 0.1) is 0 Å². The molecule has 1 aromatic rings. The van der Waals surface area contributed by atoms with Crippen molar-refractivity contribution in [2.45, 2.75) is 25.2 Å². The lowest BCUT2D eigenvalue weighted by Gasteiger charge is -2.23. The Hall–Kier alpha value is -1.16. The van der Waals surface area contributed by atoms with E-state index in [1.807, 2.05) is 12.4 Å². The summed E-state index contributed by atoms with van der Waals surface area (Å²) in [6.45, 7) is 1.40. The standard InChI is InChI=1S/C10H16N4/c11-4-5-12-9-6-13-10(14-7-9)8-2-1-3-8/h6-8,12H,1-5,11H2. The Morgan fingerprint density at radius 1 is 1.36 bits per heavy atom. The molecule has 1 fully saturated rings. The van der Waals surface area contributed by atoms with Gasteiger partial charge in [0.1, 0.15) is 5.82 Å². The summed E-state index contributed by atoms with van der Waals surface area (Å²) >= 11 is 0. The van der Waals surface area contributed by atoms with Crippen LogP contribution in [-0.4, -0.2) is 23.1 Å². The third-order valence-electron chi connectivity index (χ3n) is 2.62. The third kappa shape index (κ3) is 2.01. The van der Waals surface area contributed by atoms with Crippen molar-refractivity contribution in [3.8, 4) is 0 Å². The van der Waals surface area contributed by atoms with Gasteiger partial charge in [0.2, 0.25) is 0 Å².